The number of hydrogen-bond donors (Lipinski definition) is 2. The SMILES string of the molecule is c1ccc2c(c1)C[C@@H](N1C[C@H]3CNC[C@H]3C1)[C@@H]2Oc1ccc(N2CCNCC2)cc1. The smallest absolute Gasteiger partial charge is 0.140 e. The molecule has 158 valence electrons. The third-order valence-corrected chi connectivity index (χ3v) is 7.61. The molecule has 3 aliphatic heterocycles. The number of rotatable bonds is 4. The van der Waals surface area contributed by atoms with Crippen molar-refractivity contribution in [3.8, 4) is 5.75 Å². The van der Waals surface area contributed by atoms with Gasteiger partial charge >= 0.3 is 0 Å². The number of anilines is 1. The van der Waals surface area contributed by atoms with Crippen LogP contribution in [0.4, 0.5) is 5.69 Å². The molecule has 30 heavy (non-hydrogen) atoms. The minimum absolute atomic E-state index is 0.123. The maximum Gasteiger partial charge on any atom is 0.140 e. The van der Waals surface area contributed by atoms with Gasteiger partial charge in [-0.15, -0.1) is 0 Å². The molecular formula is C25H32N4O. The van der Waals surface area contributed by atoms with Crippen molar-refractivity contribution in [2.75, 3.05) is 57.3 Å². The summed E-state index contributed by atoms with van der Waals surface area (Å²) in [6.07, 6.45) is 1.23. The second-order valence-corrected chi connectivity index (χ2v) is 9.37. The first-order valence-electron chi connectivity index (χ1n) is 11.6. The fourth-order valence-corrected chi connectivity index (χ4v) is 5.97. The van der Waals surface area contributed by atoms with Crippen molar-refractivity contribution in [1.29, 1.82) is 0 Å². The van der Waals surface area contributed by atoms with Crippen molar-refractivity contribution in [1.82, 2.24) is 15.5 Å². The highest BCUT2D eigenvalue weighted by atomic mass is 16.5. The number of nitrogens with zero attached hydrogens (tertiary/aromatic N) is 2. The molecule has 0 amide bonds. The highest BCUT2D eigenvalue weighted by Gasteiger charge is 2.44. The second kappa shape index (κ2) is 7.88. The Labute approximate surface area is 179 Å². The van der Waals surface area contributed by atoms with Crippen molar-refractivity contribution in [3.63, 3.8) is 0 Å². The normalized spacial score (nSPS) is 31.0. The van der Waals surface area contributed by atoms with Gasteiger partial charge in [0.15, 0.2) is 0 Å². The first-order chi connectivity index (χ1) is 14.8. The van der Waals surface area contributed by atoms with Gasteiger partial charge in [-0.05, 0) is 66.7 Å². The summed E-state index contributed by atoms with van der Waals surface area (Å²) >= 11 is 0. The van der Waals surface area contributed by atoms with Gasteiger partial charge in [0.25, 0.3) is 0 Å². The van der Waals surface area contributed by atoms with Crippen LogP contribution in [0.1, 0.15) is 17.2 Å². The Morgan fingerprint density at radius 1 is 0.833 bits per heavy atom. The lowest BCUT2D eigenvalue weighted by Crippen LogP contribution is -2.43. The monoisotopic (exact) mass is 404 g/mol. The quantitative estimate of drug-likeness (QED) is 0.818. The summed E-state index contributed by atoms with van der Waals surface area (Å²) in [5.74, 6) is 2.61. The van der Waals surface area contributed by atoms with Gasteiger partial charge in [-0.25, -0.2) is 0 Å². The molecule has 3 saturated heterocycles. The second-order valence-electron chi connectivity index (χ2n) is 9.37. The van der Waals surface area contributed by atoms with E-state index in [1.165, 1.54) is 43.0 Å². The van der Waals surface area contributed by atoms with E-state index in [0.717, 1.165) is 50.2 Å². The lowest BCUT2D eigenvalue weighted by molar-refractivity contribution is 0.0890. The van der Waals surface area contributed by atoms with Crippen LogP contribution in [0, 0.1) is 11.8 Å². The fourth-order valence-electron chi connectivity index (χ4n) is 5.97. The number of hydrogen-bond acceptors (Lipinski definition) is 5. The molecular weight excluding hydrogens is 372 g/mol. The van der Waals surface area contributed by atoms with Gasteiger partial charge in [0.2, 0.25) is 0 Å². The van der Waals surface area contributed by atoms with Crippen molar-refractivity contribution in [3.05, 3.63) is 59.7 Å². The van der Waals surface area contributed by atoms with Gasteiger partial charge in [-0.2, -0.15) is 0 Å². The van der Waals surface area contributed by atoms with Gasteiger partial charge in [-0.3, -0.25) is 4.90 Å². The number of likely N-dealkylation sites (tertiary alicyclic amines) is 1. The highest BCUT2D eigenvalue weighted by molar-refractivity contribution is 5.50. The van der Waals surface area contributed by atoms with E-state index >= 15 is 0 Å². The molecule has 2 aromatic rings. The first-order valence-corrected chi connectivity index (χ1v) is 11.6. The third-order valence-electron chi connectivity index (χ3n) is 7.61. The Kier molecular flexibility index (Phi) is 4.90. The number of piperazine rings is 1. The topological polar surface area (TPSA) is 39.8 Å². The predicted molar refractivity (Wildman–Crippen MR) is 120 cm³/mol. The zero-order chi connectivity index (χ0) is 19.9. The van der Waals surface area contributed by atoms with Crippen LogP contribution in [0.2, 0.25) is 0 Å². The minimum Gasteiger partial charge on any atom is -0.484 e. The van der Waals surface area contributed by atoms with E-state index < -0.39 is 0 Å². The number of fused-ring (bicyclic) bond motifs is 2. The summed E-state index contributed by atoms with van der Waals surface area (Å²) in [4.78, 5) is 5.17. The van der Waals surface area contributed by atoms with Gasteiger partial charge in [0.1, 0.15) is 11.9 Å². The summed E-state index contributed by atoms with van der Waals surface area (Å²) in [5.41, 5.74) is 4.14. The molecule has 6 rings (SSSR count). The van der Waals surface area contributed by atoms with E-state index in [2.05, 4.69) is 69.0 Å². The molecule has 2 N–H and O–H groups in total. The molecule has 5 nitrogen and oxygen atoms in total. The van der Waals surface area contributed by atoms with Crippen molar-refractivity contribution in [2.45, 2.75) is 18.6 Å². The summed E-state index contributed by atoms with van der Waals surface area (Å²) in [6, 6.07) is 18.1. The lowest BCUT2D eigenvalue weighted by Gasteiger charge is -2.31. The van der Waals surface area contributed by atoms with E-state index in [1.807, 2.05) is 0 Å². The van der Waals surface area contributed by atoms with Crippen LogP contribution >= 0.6 is 0 Å². The maximum atomic E-state index is 6.70. The Bertz CT molecular complexity index is 867. The number of nitrogens with one attached hydrogen (secondary N) is 2. The molecule has 1 aliphatic carbocycles. The summed E-state index contributed by atoms with van der Waals surface area (Å²) < 4.78 is 6.70. The van der Waals surface area contributed by atoms with Crippen LogP contribution in [0.15, 0.2) is 48.5 Å². The Morgan fingerprint density at radius 2 is 1.57 bits per heavy atom. The molecule has 0 radical (unpaired) electrons. The van der Waals surface area contributed by atoms with Crippen LogP contribution < -0.4 is 20.3 Å². The predicted octanol–water partition coefficient (Wildman–Crippen LogP) is 2.29. The first kappa shape index (κ1) is 18.7. The molecule has 0 spiro atoms. The van der Waals surface area contributed by atoms with Crippen molar-refractivity contribution < 1.29 is 4.74 Å². The summed E-state index contributed by atoms with van der Waals surface area (Å²) in [6.45, 7) is 9.04. The maximum absolute atomic E-state index is 6.70. The standard InChI is InChI=1S/C25H32N4O/c1-2-4-23-18(3-1)13-24(29-16-19-14-27-15-20(19)17-29)25(23)30-22-7-5-21(6-8-22)28-11-9-26-10-12-28/h1-8,19-20,24-27H,9-17H2/t19-,20+,24-,25-/m1/s1. The molecule has 3 fully saturated rings. The molecule has 3 heterocycles. The van der Waals surface area contributed by atoms with Gasteiger partial charge < -0.3 is 20.3 Å². The lowest BCUT2D eigenvalue weighted by atomic mass is 10.0. The van der Waals surface area contributed by atoms with Crippen LogP contribution in [-0.4, -0.2) is 63.3 Å². The molecule has 4 aliphatic rings. The molecule has 0 aromatic heterocycles. The molecule has 0 bridgehead atoms. The van der Waals surface area contributed by atoms with Gasteiger partial charge in [0, 0.05) is 45.0 Å². The van der Waals surface area contributed by atoms with E-state index in [1.54, 1.807) is 0 Å². The fraction of sp³-hybridized carbons (Fsp3) is 0.520. The van der Waals surface area contributed by atoms with Gasteiger partial charge in [-0.1, -0.05) is 24.3 Å². The van der Waals surface area contributed by atoms with E-state index in [9.17, 15) is 0 Å². The van der Waals surface area contributed by atoms with E-state index in [0.29, 0.717) is 6.04 Å². The Morgan fingerprint density at radius 3 is 2.33 bits per heavy atom. The van der Waals surface area contributed by atoms with Crippen molar-refractivity contribution >= 4 is 5.69 Å². The average Bonchev–Trinajstić information content (AvgIpc) is 3.49. The van der Waals surface area contributed by atoms with Crippen LogP contribution in [0.25, 0.3) is 0 Å². The highest BCUT2D eigenvalue weighted by Crippen LogP contribution is 2.41. The molecule has 5 heteroatoms. The van der Waals surface area contributed by atoms with Crippen LogP contribution in [-0.2, 0) is 6.42 Å². The van der Waals surface area contributed by atoms with Crippen LogP contribution in [0.3, 0.4) is 0 Å². The molecule has 4 atom stereocenters. The van der Waals surface area contributed by atoms with Gasteiger partial charge in [0.05, 0.1) is 6.04 Å². The average molecular weight is 405 g/mol. The Balaban J connectivity index is 1.22. The van der Waals surface area contributed by atoms with E-state index in [4.69, 9.17) is 4.74 Å². The summed E-state index contributed by atoms with van der Waals surface area (Å²) in [5, 5.41) is 6.99. The Hall–Kier alpha value is -2.08. The van der Waals surface area contributed by atoms with E-state index in [-0.39, 0.29) is 6.10 Å². The zero-order valence-corrected chi connectivity index (χ0v) is 17.6. The molecule has 0 unspecified atom stereocenters. The summed E-state index contributed by atoms with van der Waals surface area (Å²) in [7, 11) is 0. The third kappa shape index (κ3) is 3.39. The largest absolute Gasteiger partial charge is 0.484 e. The molecule has 2 aromatic carbocycles. The minimum atomic E-state index is 0.123. The molecule has 0 saturated carbocycles. The number of benzene rings is 2. The van der Waals surface area contributed by atoms with Crippen molar-refractivity contribution in [2.24, 2.45) is 11.8 Å². The zero-order valence-electron chi connectivity index (χ0n) is 17.6. The number of ether oxygens (including phenoxy) is 1. The van der Waals surface area contributed by atoms with Crippen LogP contribution in [0.5, 0.6) is 5.75 Å².